The Balaban J connectivity index is 1.68. The summed E-state index contributed by atoms with van der Waals surface area (Å²) in [6, 6.07) is 14.1. The molecule has 0 unspecified atom stereocenters. The molecule has 0 saturated carbocycles. The minimum atomic E-state index is 0.154. The van der Waals surface area contributed by atoms with Crippen molar-refractivity contribution >= 4 is 44.8 Å². The average molecular weight is 418 g/mol. The summed E-state index contributed by atoms with van der Waals surface area (Å²) in [4.78, 5) is 17.1. The van der Waals surface area contributed by atoms with E-state index in [9.17, 15) is 4.79 Å². The van der Waals surface area contributed by atoms with Gasteiger partial charge in [-0.25, -0.2) is 4.98 Å². The molecule has 0 atom stereocenters. The zero-order valence-corrected chi connectivity index (χ0v) is 16.6. The highest BCUT2D eigenvalue weighted by atomic mass is 79.9. The van der Waals surface area contributed by atoms with Crippen LogP contribution < -0.4 is 0 Å². The van der Waals surface area contributed by atoms with Gasteiger partial charge in [0.1, 0.15) is 0 Å². The lowest BCUT2D eigenvalue weighted by Gasteiger charge is -2.05. The van der Waals surface area contributed by atoms with Gasteiger partial charge in [0.25, 0.3) is 0 Å². The molecule has 0 amide bonds. The molecular weight excluding hydrogens is 402 g/mol. The van der Waals surface area contributed by atoms with E-state index in [1.54, 1.807) is 11.3 Å². The number of carbonyl (C=O) groups is 1. The number of thiazole rings is 1. The van der Waals surface area contributed by atoms with E-state index in [4.69, 9.17) is 0 Å². The van der Waals surface area contributed by atoms with E-state index in [-0.39, 0.29) is 5.78 Å². The quantitative estimate of drug-likeness (QED) is 0.367. The SMILES string of the molecule is Cc1ccc(C)c(C(=O)CSc2nc(-c3ccc(Br)cc3)cs2)c1. The Labute approximate surface area is 158 Å². The van der Waals surface area contributed by atoms with Gasteiger partial charge in [0.2, 0.25) is 0 Å². The van der Waals surface area contributed by atoms with Gasteiger partial charge in [-0.2, -0.15) is 0 Å². The van der Waals surface area contributed by atoms with Crippen molar-refractivity contribution in [2.24, 2.45) is 0 Å². The topological polar surface area (TPSA) is 30.0 Å². The maximum atomic E-state index is 12.5. The Morgan fingerprint density at radius 2 is 1.92 bits per heavy atom. The van der Waals surface area contributed by atoms with Gasteiger partial charge < -0.3 is 0 Å². The lowest BCUT2D eigenvalue weighted by Crippen LogP contribution is -2.05. The smallest absolute Gasteiger partial charge is 0.173 e. The van der Waals surface area contributed by atoms with Crippen molar-refractivity contribution in [3.05, 3.63) is 69.0 Å². The molecule has 0 N–H and O–H groups in total. The summed E-state index contributed by atoms with van der Waals surface area (Å²) >= 11 is 6.52. The Hall–Kier alpha value is -1.43. The van der Waals surface area contributed by atoms with Gasteiger partial charge >= 0.3 is 0 Å². The molecule has 0 fully saturated rings. The van der Waals surface area contributed by atoms with Crippen molar-refractivity contribution in [1.82, 2.24) is 4.98 Å². The largest absolute Gasteiger partial charge is 0.293 e. The van der Waals surface area contributed by atoms with E-state index in [0.29, 0.717) is 5.75 Å². The summed E-state index contributed by atoms with van der Waals surface area (Å²) in [5.41, 5.74) is 4.99. The van der Waals surface area contributed by atoms with Crippen LogP contribution in [0.3, 0.4) is 0 Å². The number of aromatic nitrogens is 1. The maximum Gasteiger partial charge on any atom is 0.173 e. The normalized spacial score (nSPS) is 10.8. The molecule has 5 heteroatoms. The average Bonchev–Trinajstić information content (AvgIpc) is 3.04. The highest BCUT2D eigenvalue weighted by Gasteiger charge is 2.12. The lowest BCUT2D eigenvalue weighted by atomic mass is 10.0. The van der Waals surface area contributed by atoms with Gasteiger partial charge in [0.05, 0.1) is 11.4 Å². The summed E-state index contributed by atoms with van der Waals surface area (Å²) in [6.07, 6.45) is 0. The van der Waals surface area contributed by atoms with Crippen molar-refractivity contribution in [1.29, 1.82) is 0 Å². The zero-order chi connectivity index (χ0) is 17.1. The fourth-order valence-electron chi connectivity index (χ4n) is 2.32. The molecule has 0 aliphatic carbocycles. The third-order valence-corrected chi connectivity index (χ3v) is 6.19. The molecule has 0 saturated heterocycles. The first-order chi connectivity index (χ1) is 11.5. The maximum absolute atomic E-state index is 12.5. The predicted molar refractivity (Wildman–Crippen MR) is 106 cm³/mol. The number of nitrogens with zero attached hydrogens (tertiary/aromatic N) is 1. The highest BCUT2D eigenvalue weighted by molar-refractivity contribution is 9.10. The first-order valence-corrected chi connectivity index (χ1v) is 10.1. The predicted octanol–water partition coefficient (Wildman–Crippen LogP) is 6.16. The Morgan fingerprint density at radius 1 is 1.17 bits per heavy atom. The number of rotatable bonds is 5. The monoisotopic (exact) mass is 417 g/mol. The molecule has 3 rings (SSSR count). The number of hydrogen-bond donors (Lipinski definition) is 0. The molecule has 122 valence electrons. The number of benzene rings is 2. The highest BCUT2D eigenvalue weighted by Crippen LogP contribution is 2.29. The van der Waals surface area contributed by atoms with Gasteiger partial charge in [-0.15, -0.1) is 11.3 Å². The van der Waals surface area contributed by atoms with Crippen molar-refractivity contribution in [3.63, 3.8) is 0 Å². The van der Waals surface area contributed by atoms with E-state index < -0.39 is 0 Å². The molecule has 2 aromatic carbocycles. The second kappa shape index (κ2) is 7.64. The number of hydrogen-bond acceptors (Lipinski definition) is 4. The van der Waals surface area contributed by atoms with Gasteiger partial charge in [-0.05, 0) is 37.6 Å². The van der Waals surface area contributed by atoms with Crippen LogP contribution in [-0.2, 0) is 0 Å². The molecule has 24 heavy (non-hydrogen) atoms. The molecule has 1 aromatic heterocycles. The van der Waals surface area contributed by atoms with Gasteiger partial charge in [-0.3, -0.25) is 4.79 Å². The van der Waals surface area contributed by atoms with Gasteiger partial charge in [0, 0.05) is 21.0 Å². The summed E-state index contributed by atoms with van der Waals surface area (Å²) in [6.45, 7) is 3.99. The van der Waals surface area contributed by atoms with Gasteiger partial charge in [-0.1, -0.05) is 57.5 Å². The number of ketones is 1. The summed E-state index contributed by atoms with van der Waals surface area (Å²) < 4.78 is 1.97. The van der Waals surface area contributed by atoms with E-state index in [2.05, 4.69) is 20.9 Å². The van der Waals surface area contributed by atoms with E-state index >= 15 is 0 Å². The molecule has 0 radical (unpaired) electrons. The van der Waals surface area contributed by atoms with Crippen LogP contribution in [0.5, 0.6) is 0 Å². The molecule has 0 bridgehead atoms. The van der Waals surface area contributed by atoms with E-state index in [1.807, 2.05) is 61.7 Å². The zero-order valence-electron chi connectivity index (χ0n) is 13.4. The van der Waals surface area contributed by atoms with Crippen molar-refractivity contribution in [3.8, 4) is 11.3 Å². The molecule has 3 aromatic rings. The molecule has 0 aliphatic heterocycles. The standard InChI is InChI=1S/C19H16BrNOS2/c1-12-3-4-13(2)16(9-12)18(22)11-24-19-21-17(10-23-19)14-5-7-15(20)8-6-14/h3-10H,11H2,1-2H3. The Bertz CT molecular complexity index is 871. The molecular formula is C19H16BrNOS2. The van der Waals surface area contributed by atoms with Crippen LogP contribution in [0.25, 0.3) is 11.3 Å². The minimum absolute atomic E-state index is 0.154. The number of carbonyl (C=O) groups excluding carboxylic acids is 1. The molecule has 2 nitrogen and oxygen atoms in total. The summed E-state index contributed by atoms with van der Waals surface area (Å²) in [7, 11) is 0. The molecule has 0 aliphatic rings. The first-order valence-electron chi connectivity index (χ1n) is 7.47. The van der Waals surface area contributed by atoms with Gasteiger partial charge in [0.15, 0.2) is 10.1 Å². The molecule has 0 spiro atoms. The van der Waals surface area contributed by atoms with Crippen molar-refractivity contribution in [2.75, 3.05) is 5.75 Å². The summed E-state index contributed by atoms with van der Waals surface area (Å²) in [5.74, 6) is 0.569. The Morgan fingerprint density at radius 3 is 2.67 bits per heavy atom. The lowest BCUT2D eigenvalue weighted by molar-refractivity contribution is 0.102. The summed E-state index contributed by atoms with van der Waals surface area (Å²) in [5, 5.41) is 2.04. The second-order valence-corrected chi connectivity index (χ2v) is 8.53. The third kappa shape index (κ3) is 4.15. The van der Waals surface area contributed by atoms with E-state index in [1.165, 1.54) is 11.8 Å². The Kier molecular flexibility index (Phi) is 5.54. The minimum Gasteiger partial charge on any atom is -0.293 e. The van der Waals surface area contributed by atoms with Crippen LogP contribution >= 0.6 is 39.0 Å². The second-order valence-electron chi connectivity index (χ2n) is 5.54. The number of aryl methyl sites for hydroxylation is 2. The van der Waals surface area contributed by atoms with E-state index in [0.717, 1.165) is 36.8 Å². The van der Waals surface area contributed by atoms with Crippen molar-refractivity contribution in [2.45, 2.75) is 18.2 Å². The van der Waals surface area contributed by atoms with Crippen LogP contribution in [0, 0.1) is 13.8 Å². The third-order valence-electron chi connectivity index (χ3n) is 3.64. The van der Waals surface area contributed by atoms with Crippen LogP contribution in [-0.4, -0.2) is 16.5 Å². The molecule has 1 heterocycles. The van der Waals surface area contributed by atoms with Crippen LogP contribution in [0.2, 0.25) is 0 Å². The fraction of sp³-hybridized carbons (Fsp3) is 0.158. The van der Waals surface area contributed by atoms with Crippen LogP contribution in [0.4, 0.5) is 0 Å². The van der Waals surface area contributed by atoms with Crippen LogP contribution in [0.15, 0.2) is 56.7 Å². The number of thioether (sulfide) groups is 1. The first kappa shape index (κ1) is 17.4. The fourth-order valence-corrected chi connectivity index (χ4v) is 4.30. The number of halogens is 1. The van der Waals surface area contributed by atoms with Crippen LogP contribution in [0.1, 0.15) is 21.5 Å². The van der Waals surface area contributed by atoms with Crippen molar-refractivity contribution < 1.29 is 4.79 Å². The number of Topliss-reactive ketones (excluding diaryl/α,β-unsaturated/α-hetero) is 1.